The van der Waals surface area contributed by atoms with Gasteiger partial charge in [-0.05, 0) is 57.2 Å². The van der Waals surface area contributed by atoms with Gasteiger partial charge in [-0.15, -0.1) is 0 Å². The molecule has 1 unspecified atom stereocenters. The zero-order valence-corrected chi connectivity index (χ0v) is 19.4. The summed E-state index contributed by atoms with van der Waals surface area (Å²) >= 11 is 0. The summed E-state index contributed by atoms with van der Waals surface area (Å²) in [4.78, 5) is 17.4. The van der Waals surface area contributed by atoms with Crippen LogP contribution in [0.25, 0.3) is 22.6 Å². The van der Waals surface area contributed by atoms with Gasteiger partial charge in [-0.3, -0.25) is 4.98 Å². The monoisotopic (exact) mass is 466 g/mol. The summed E-state index contributed by atoms with van der Waals surface area (Å²) in [7, 11) is 1.49. The first kappa shape index (κ1) is 22.6. The molecule has 5 rings (SSSR count). The van der Waals surface area contributed by atoms with Gasteiger partial charge < -0.3 is 14.6 Å². The lowest BCUT2D eigenvalue weighted by molar-refractivity contribution is 0.312. The van der Waals surface area contributed by atoms with Crippen LogP contribution in [0.5, 0.6) is 6.01 Å². The molecule has 3 aromatic rings. The van der Waals surface area contributed by atoms with Crippen LogP contribution in [0.15, 0.2) is 42.0 Å². The minimum Gasteiger partial charge on any atom is -0.467 e. The summed E-state index contributed by atoms with van der Waals surface area (Å²) in [6.45, 7) is 4.11. The Balaban J connectivity index is 1.49. The van der Waals surface area contributed by atoms with E-state index in [1.807, 2.05) is 13.0 Å². The molecule has 0 aromatic carbocycles. The van der Waals surface area contributed by atoms with Crippen molar-refractivity contribution in [2.24, 2.45) is 11.8 Å². The zero-order valence-electron chi connectivity index (χ0n) is 19.4. The fourth-order valence-electron chi connectivity index (χ4n) is 4.90. The van der Waals surface area contributed by atoms with Gasteiger partial charge in [0.05, 0.1) is 25.5 Å². The van der Waals surface area contributed by atoms with Crippen molar-refractivity contribution >= 4 is 11.2 Å². The number of pyridine rings is 1. The molecular formula is C25H28F2N6O. The van der Waals surface area contributed by atoms with Crippen LogP contribution in [-0.2, 0) is 6.54 Å². The van der Waals surface area contributed by atoms with Crippen LogP contribution in [0.1, 0.15) is 31.4 Å². The molecule has 0 saturated carbocycles. The van der Waals surface area contributed by atoms with Crippen LogP contribution < -0.4 is 10.1 Å². The second-order valence-corrected chi connectivity index (χ2v) is 9.06. The van der Waals surface area contributed by atoms with Crippen molar-refractivity contribution < 1.29 is 13.5 Å². The van der Waals surface area contributed by atoms with Crippen molar-refractivity contribution in [1.29, 1.82) is 0 Å². The number of imidazole rings is 1. The van der Waals surface area contributed by atoms with Crippen LogP contribution in [-0.4, -0.2) is 44.7 Å². The first-order chi connectivity index (χ1) is 16.5. The van der Waals surface area contributed by atoms with Crippen molar-refractivity contribution in [2.45, 2.75) is 39.2 Å². The lowest BCUT2D eigenvalue weighted by Crippen LogP contribution is -2.28. The number of rotatable bonds is 6. The highest BCUT2D eigenvalue weighted by Gasteiger charge is 2.24. The summed E-state index contributed by atoms with van der Waals surface area (Å²) in [5.74, 6) is 0.715. The number of hydrogen-bond acceptors (Lipinski definition) is 6. The molecule has 1 aliphatic carbocycles. The van der Waals surface area contributed by atoms with Crippen molar-refractivity contribution in [2.75, 3.05) is 20.2 Å². The first-order valence-corrected chi connectivity index (χ1v) is 11.7. The molecule has 1 atom stereocenters. The predicted molar refractivity (Wildman–Crippen MR) is 125 cm³/mol. The molecule has 178 valence electrons. The van der Waals surface area contributed by atoms with Crippen molar-refractivity contribution in [3.8, 4) is 17.4 Å². The second kappa shape index (κ2) is 9.58. The molecule has 4 heterocycles. The zero-order chi connectivity index (χ0) is 23.7. The Hall–Kier alpha value is -3.20. The maximum Gasteiger partial charge on any atom is 0.318 e. The fourth-order valence-corrected chi connectivity index (χ4v) is 4.90. The van der Waals surface area contributed by atoms with E-state index in [9.17, 15) is 4.39 Å². The summed E-state index contributed by atoms with van der Waals surface area (Å²) in [5, 5.41) is 3.38. The summed E-state index contributed by atoms with van der Waals surface area (Å²) in [6.07, 6.45) is 10.4. The molecule has 0 bridgehead atoms. The van der Waals surface area contributed by atoms with Gasteiger partial charge in [-0.2, -0.15) is 9.97 Å². The quantitative estimate of drug-likeness (QED) is 0.575. The van der Waals surface area contributed by atoms with E-state index in [1.165, 1.54) is 19.4 Å². The van der Waals surface area contributed by atoms with Crippen LogP contribution in [0.3, 0.4) is 0 Å². The average Bonchev–Trinajstić information content (AvgIpc) is 3.20. The van der Waals surface area contributed by atoms with Gasteiger partial charge in [0.2, 0.25) is 0 Å². The van der Waals surface area contributed by atoms with Crippen molar-refractivity contribution in [1.82, 2.24) is 29.8 Å². The smallest absolute Gasteiger partial charge is 0.318 e. The molecule has 1 saturated heterocycles. The highest BCUT2D eigenvalue weighted by atomic mass is 19.1. The van der Waals surface area contributed by atoms with Gasteiger partial charge in [0.1, 0.15) is 23.0 Å². The van der Waals surface area contributed by atoms with Gasteiger partial charge in [-0.25, -0.2) is 13.8 Å². The van der Waals surface area contributed by atoms with Gasteiger partial charge in [-0.1, -0.05) is 12.2 Å². The lowest BCUT2D eigenvalue weighted by Gasteiger charge is -2.27. The summed E-state index contributed by atoms with van der Waals surface area (Å²) in [5.41, 5.74) is 2.75. The van der Waals surface area contributed by atoms with E-state index in [2.05, 4.69) is 31.3 Å². The minimum atomic E-state index is -0.472. The van der Waals surface area contributed by atoms with Crippen LogP contribution >= 0.6 is 0 Å². The molecule has 1 fully saturated rings. The van der Waals surface area contributed by atoms with E-state index in [1.54, 1.807) is 4.57 Å². The van der Waals surface area contributed by atoms with E-state index < -0.39 is 5.82 Å². The molecule has 9 heteroatoms. The SMILES string of the molecule is COc1nc(C)c2nc(-c3cncc(F)c3)n(CC3=C(F)CC(CC4CCNCC4)C=C3)c2n1. The van der Waals surface area contributed by atoms with E-state index in [-0.39, 0.29) is 24.3 Å². The number of piperidine rings is 1. The molecule has 34 heavy (non-hydrogen) atoms. The summed E-state index contributed by atoms with van der Waals surface area (Å²) in [6, 6.07) is 1.56. The minimum absolute atomic E-state index is 0.121. The van der Waals surface area contributed by atoms with Crippen molar-refractivity contribution in [3.05, 3.63) is 53.5 Å². The van der Waals surface area contributed by atoms with Crippen LogP contribution in [0.4, 0.5) is 8.78 Å². The Kier molecular flexibility index (Phi) is 6.36. The maximum atomic E-state index is 15.3. The topological polar surface area (TPSA) is 77.8 Å². The standard InChI is InChI=1S/C25H28F2N6O/c1-15-22-24(32-25(30-15)34-2)33(23(31-22)19-11-20(26)13-29-12-19)14-18-4-3-17(10-21(18)27)9-16-5-7-28-8-6-16/h3-4,11-13,16-17,28H,5-10,14H2,1-2H3. The number of allylic oxidation sites excluding steroid dienone is 4. The number of ether oxygens (including phenoxy) is 1. The van der Waals surface area contributed by atoms with E-state index in [4.69, 9.17) is 4.74 Å². The Morgan fingerprint density at radius 3 is 2.71 bits per heavy atom. The molecular weight excluding hydrogens is 438 g/mol. The van der Waals surface area contributed by atoms with E-state index >= 15 is 4.39 Å². The normalized spacial score (nSPS) is 19.2. The number of aryl methyl sites for hydroxylation is 1. The third-order valence-electron chi connectivity index (χ3n) is 6.68. The van der Waals surface area contributed by atoms with E-state index in [0.717, 1.165) is 38.5 Å². The maximum absolute atomic E-state index is 15.3. The fraction of sp³-hybridized carbons (Fsp3) is 0.440. The number of halogens is 2. The molecule has 0 amide bonds. The first-order valence-electron chi connectivity index (χ1n) is 11.7. The highest BCUT2D eigenvalue weighted by molar-refractivity contribution is 5.79. The number of nitrogens with zero attached hydrogens (tertiary/aromatic N) is 5. The molecule has 0 radical (unpaired) electrons. The van der Waals surface area contributed by atoms with Crippen LogP contribution in [0.2, 0.25) is 0 Å². The Labute approximate surface area is 197 Å². The lowest BCUT2D eigenvalue weighted by atomic mass is 9.83. The Bertz CT molecular complexity index is 1260. The van der Waals surface area contributed by atoms with E-state index in [0.29, 0.717) is 46.2 Å². The molecule has 0 spiro atoms. The molecule has 1 aliphatic heterocycles. The third-order valence-corrected chi connectivity index (χ3v) is 6.68. The number of fused-ring (bicyclic) bond motifs is 1. The highest BCUT2D eigenvalue weighted by Crippen LogP contribution is 2.34. The largest absolute Gasteiger partial charge is 0.467 e. The number of hydrogen-bond donors (Lipinski definition) is 1. The third kappa shape index (κ3) is 4.57. The second-order valence-electron chi connectivity index (χ2n) is 9.06. The average molecular weight is 467 g/mol. The Morgan fingerprint density at radius 2 is 1.97 bits per heavy atom. The molecule has 7 nitrogen and oxygen atoms in total. The van der Waals surface area contributed by atoms with Gasteiger partial charge in [0, 0.05) is 23.8 Å². The molecule has 1 N–H and O–H groups in total. The molecule has 3 aromatic heterocycles. The van der Waals surface area contributed by atoms with Crippen LogP contribution in [0, 0.1) is 24.6 Å². The number of aromatic nitrogens is 5. The number of nitrogens with one attached hydrogen (secondary N) is 1. The van der Waals surface area contributed by atoms with Crippen molar-refractivity contribution in [3.63, 3.8) is 0 Å². The molecule has 2 aliphatic rings. The van der Waals surface area contributed by atoms with Gasteiger partial charge in [0.25, 0.3) is 0 Å². The van der Waals surface area contributed by atoms with Gasteiger partial charge >= 0.3 is 6.01 Å². The predicted octanol–water partition coefficient (Wildman–Crippen LogP) is 4.53. The summed E-state index contributed by atoms with van der Waals surface area (Å²) < 4.78 is 36.3. The number of methoxy groups -OCH3 is 1. The van der Waals surface area contributed by atoms with Gasteiger partial charge in [0.15, 0.2) is 5.65 Å². The Morgan fingerprint density at radius 1 is 1.15 bits per heavy atom.